The molecule has 1 aromatic heterocycles. The van der Waals surface area contributed by atoms with E-state index in [-0.39, 0.29) is 17.3 Å². The van der Waals surface area contributed by atoms with E-state index in [9.17, 15) is 4.79 Å². The van der Waals surface area contributed by atoms with Gasteiger partial charge in [0.25, 0.3) is 5.91 Å². The quantitative estimate of drug-likeness (QED) is 0.584. The molecule has 4 N–H and O–H groups in total. The van der Waals surface area contributed by atoms with Crippen LogP contribution in [0.25, 0.3) is 0 Å². The summed E-state index contributed by atoms with van der Waals surface area (Å²) in [6.45, 7) is 10.7. The van der Waals surface area contributed by atoms with Crippen molar-refractivity contribution in [1.29, 1.82) is 5.41 Å². The van der Waals surface area contributed by atoms with Crippen LogP contribution in [0.15, 0.2) is 6.20 Å². The van der Waals surface area contributed by atoms with Crippen LogP contribution in [-0.2, 0) is 18.9 Å². The number of rotatable bonds is 3. The van der Waals surface area contributed by atoms with Gasteiger partial charge in [-0.25, -0.2) is 0 Å². The molecule has 0 fully saturated rings. The summed E-state index contributed by atoms with van der Waals surface area (Å²) in [4.78, 5) is 12.3. The van der Waals surface area contributed by atoms with Crippen molar-refractivity contribution < 1.29 is 4.79 Å². The Bertz CT molecular complexity index is 521. The van der Waals surface area contributed by atoms with Crippen molar-refractivity contribution >= 4 is 11.9 Å². The van der Waals surface area contributed by atoms with Gasteiger partial charge >= 0.3 is 0 Å². The summed E-state index contributed by atoms with van der Waals surface area (Å²) < 4.78 is 1.83. The highest BCUT2D eigenvalue weighted by atomic mass is 16.2. The van der Waals surface area contributed by atoms with Crippen LogP contribution in [0.3, 0.4) is 0 Å². The first kappa shape index (κ1) is 16.3. The van der Waals surface area contributed by atoms with E-state index in [0.717, 1.165) is 12.0 Å². The van der Waals surface area contributed by atoms with Gasteiger partial charge in [-0.05, 0) is 28.9 Å². The number of guanidine groups is 1. The number of nitrogens with two attached hydrogens (primary N) is 1. The van der Waals surface area contributed by atoms with Crippen LogP contribution in [0.1, 0.15) is 56.2 Å². The number of carbonyl (C=O) groups is 1. The number of carbonyl (C=O) groups excluding carboxylic acids is 1. The van der Waals surface area contributed by atoms with Crippen LogP contribution >= 0.6 is 0 Å². The number of hydrogen-bond acceptors (Lipinski definition) is 2. The zero-order valence-electron chi connectivity index (χ0n) is 13.3. The van der Waals surface area contributed by atoms with Crippen LogP contribution in [0.5, 0.6) is 0 Å². The van der Waals surface area contributed by atoms with Crippen molar-refractivity contribution in [2.24, 2.45) is 18.7 Å². The third-order valence-corrected chi connectivity index (χ3v) is 3.17. The Kier molecular flexibility index (Phi) is 4.63. The Balaban J connectivity index is 3.38. The summed E-state index contributed by atoms with van der Waals surface area (Å²) in [6.07, 6.45) is 2.83. The lowest BCUT2D eigenvalue weighted by Crippen LogP contribution is -2.37. The fourth-order valence-electron chi connectivity index (χ4n) is 2.42. The third kappa shape index (κ3) is 3.62. The van der Waals surface area contributed by atoms with E-state index in [1.165, 1.54) is 5.56 Å². The molecule has 0 aliphatic carbocycles. The molecule has 0 saturated carbocycles. The number of nitrogens with one attached hydrogen (secondary N) is 2. The molecular weight excluding hydrogens is 252 g/mol. The highest BCUT2D eigenvalue weighted by Crippen LogP contribution is 2.31. The summed E-state index contributed by atoms with van der Waals surface area (Å²) in [6, 6.07) is 0. The molecule has 1 amide bonds. The van der Waals surface area contributed by atoms with Gasteiger partial charge in [-0.3, -0.25) is 15.5 Å². The van der Waals surface area contributed by atoms with Crippen molar-refractivity contribution in [1.82, 2.24) is 9.88 Å². The first-order valence-electron chi connectivity index (χ1n) is 6.88. The molecule has 5 heteroatoms. The van der Waals surface area contributed by atoms with Crippen LogP contribution in [-0.4, -0.2) is 16.4 Å². The topological polar surface area (TPSA) is 83.9 Å². The number of aromatic nitrogens is 1. The number of nitrogens with zero attached hydrogens (tertiary/aromatic N) is 1. The van der Waals surface area contributed by atoms with E-state index >= 15 is 0 Å². The van der Waals surface area contributed by atoms with E-state index < -0.39 is 0 Å². The van der Waals surface area contributed by atoms with Gasteiger partial charge in [0.2, 0.25) is 0 Å². The molecule has 0 bridgehead atoms. The van der Waals surface area contributed by atoms with E-state index in [4.69, 9.17) is 11.1 Å². The molecule has 0 unspecified atom stereocenters. The molecule has 112 valence electrons. The van der Waals surface area contributed by atoms with Gasteiger partial charge in [0, 0.05) is 13.2 Å². The van der Waals surface area contributed by atoms with Crippen molar-refractivity contribution in [3.63, 3.8) is 0 Å². The predicted molar refractivity (Wildman–Crippen MR) is 82.0 cm³/mol. The lowest BCUT2D eigenvalue weighted by Gasteiger charge is -2.20. The molecule has 0 radical (unpaired) electrons. The SMILES string of the molecule is CC(C)Cc1c(C(C)(C)C)cn(C)c1C(=O)NC(=N)N. The highest BCUT2D eigenvalue weighted by Gasteiger charge is 2.27. The standard InChI is InChI=1S/C15H26N4O/c1-9(2)7-10-11(15(3,4)5)8-19(6)12(10)13(20)18-14(16)17/h8-9H,7H2,1-6H3,(H4,16,17,18,20). The fraction of sp³-hybridized carbons (Fsp3) is 0.600. The van der Waals surface area contributed by atoms with Crippen LogP contribution < -0.4 is 11.1 Å². The van der Waals surface area contributed by atoms with E-state index in [1.807, 2.05) is 17.8 Å². The molecule has 0 atom stereocenters. The summed E-state index contributed by atoms with van der Waals surface area (Å²) >= 11 is 0. The molecule has 20 heavy (non-hydrogen) atoms. The maximum absolute atomic E-state index is 12.3. The molecule has 0 aliphatic rings. The summed E-state index contributed by atoms with van der Waals surface area (Å²) in [7, 11) is 1.86. The molecule has 5 nitrogen and oxygen atoms in total. The molecule has 1 heterocycles. The van der Waals surface area contributed by atoms with Crippen molar-refractivity contribution in [3.05, 3.63) is 23.0 Å². The van der Waals surface area contributed by atoms with Crippen molar-refractivity contribution in [2.45, 2.75) is 46.5 Å². The molecule has 0 saturated heterocycles. The molecule has 0 aliphatic heterocycles. The maximum atomic E-state index is 12.3. The Morgan fingerprint density at radius 3 is 2.40 bits per heavy atom. The molecule has 0 aromatic carbocycles. The maximum Gasteiger partial charge on any atom is 0.274 e. The van der Waals surface area contributed by atoms with Crippen molar-refractivity contribution in [3.8, 4) is 0 Å². The second kappa shape index (κ2) is 5.69. The minimum absolute atomic E-state index is 0.0310. The zero-order chi connectivity index (χ0) is 15.7. The van der Waals surface area contributed by atoms with Gasteiger partial charge in [-0.15, -0.1) is 0 Å². The van der Waals surface area contributed by atoms with Gasteiger partial charge in [0.05, 0.1) is 0 Å². The van der Waals surface area contributed by atoms with E-state index in [1.54, 1.807) is 0 Å². The molecule has 1 rings (SSSR count). The van der Waals surface area contributed by atoms with E-state index in [2.05, 4.69) is 39.9 Å². The Morgan fingerprint density at radius 1 is 1.45 bits per heavy atom. The third-order valence-electron chi connectivity index (χ3n) is 3.17. The van der Waals surface area contributed by atoms with Crippen LogP contribution in [0, 0.1) is 11.3 Å². The number of amides is 1. The Hall–Kier alpha value is -1.78. The lowest BCUT2D eigenvalue weighted by molar-refractivity contribution is 0.0967. The van der Waals surface area contributed by atoms with Gasteiger partial charge in [0.1, 0.15) is 5.69 Å². The number of hydrogen-bond donors (Lipinski definition) is 3. The smallest absolute Gasteiger partial charge is 0.274 e. The van der Waals surface area contributed by atoms with Crippen molar-refractivity contribution in [2.75, 3.05) is 0 Å². The average Bonchev–Trinajstić information content (AvgIpc) is 2.52. The molecule has 0 spiro atoms. The zero-order valence-corrected chi connectivity index (χ0v) is 13.3. The first-order chi connectivity index (χ1) is 9.04. The number of aryl methyl sites for hydroxylation is 1. The van der Waals surface area contributed by atoms with Gasteiger partial charge in [0.15, 0.2) is 5.96 Å². The second-order valence-corrected chi connectivity index (χ2v) is 6.70. The summed E-state index contributed by atoms with van der Waals surface area (Å²) in [5, 5.41) is 9.60. The summed E-state index contributed by atoms with van der Waals surface area (Å²) in [5.41, 5.74) is 8.05. The normalized spacial score (nSPS) is 11.8. The van der Waals surface area contributed by atoms with Gasteiger partial charge in [-0.1, -0.05) is 34.6 Å². The Labute approximate surface area is 121 Å². The average molecular weight is 278 g/mol. The second-order valence-electron chi connectivity index (χ2n) is 6.70. The molecular formula is C15H26N4O. The first-order valence-corrected chi connectivity index (χ1v) is 6.88. The highest BCUT2D eigenvalue weighted by molar-refractivity contribution is 6.04. The van der Waals surface area contributed by atoms with Gasteiger partial charge in [-0.2, -0.15) is 0 Å². The lowest BCUT2D eigenvalue weighted by atomic mass is 9.83. The predicted octanol–water partition coefficient (Wildman–Crippen LogP) is 2.14. The van der Waals surface area contributed by atoms with Crippen LogP contribution in [0.2, 0.25) is 0 Å². The van der Waals surface area contributed by atoms with Crippen LogP contribution in [0.4, 0.5) is 0 Å². The minimum Gasteiger partial charge on any atom is -0.370 e. The largest absolute Gasteiger partial charge is 0.370 e. The monoisotopic (exact) mass is 278 g/mol. The van der Waals surface area contributed by atoms with E-state index in [0.29, 0.717) is 11.6 Å². The summed E-state index contributed by atoms with van der Waals surface area (Å²) in [5.74, 6) is -0.197. The molecule has 1 aromatic rings. The Morgan fingerprint density at radius 2 is 2.00 bits per heavy atom. The fourth-order valence-corrected chi connectivity index (χ4v) is 2.42. The minimum atomic E-state index is -0.330. The van der Waals surface area contributed by atoms with Gasteiger partial charge < -0.3 is 10.3 Å².